The van der Waals surface area contributed by atoms with Crippen molar-refractivity contribution in [3.63, 3.8) is 0 Å². The third-order valence-electron chi connectivity index (χ3n) is 7.14. The number of methoxy groups -OCH3 is 1. The van der Waals surface area contributed by atoms with Crippen molar-refractivity contribution in [3.05, 3.63) is 46.5 Å². The molecule has 1 aromatic rings. The molecule has 4 rings (SSSR count). The van der Waals surface area contributed by atoms with Crippen LogP contribution >= 0.6 is 11.8 Å². The monoisotopic (exact) mass is 514 g/mol. The predicted octanol–water partition coefficient (Wildman–Crippen LogP) is 4.67. The van der Waals surface area contributed by atoms with E-state index in [1.54, 1.807) is 12.0 Å². The molecule has 1 atom stereocenters. The molecular formula is C28H38N2O5S. The molecule has 1 saturated carbocycles. The van der Waals surface area contributed by atoms with Gasteiger partial charge in [-0.3, -0.25) is 14.5 Å². The summed E-state index contributed by atoms with van der Waals surface area (Å²) in [6, 6.07) is 5.64. The van der Waals surface area contributed by atoms with Crippen molar-refractivity contribution >= 4 is 23.5 Å². The van der Waals surface area contributed by atoms with E-state index < -0.39 is 0 Å². The summed E-state index contributed by atoms with van der Waals surface area (Å²) in [6.07, 6.45) is 11.5. The minimum atomic E-state index is -0.388. The van der Waals surface area contributed by atoms with Crippen LogP contribution in [0.5, 0.6) is 11.5 Å². The van der Waals surface area contributed by atoms with Crippen LogP contribution in [0.3, 0.4) is 0 Å². The van der Waals surface area contributed by atoms with E-state index in [-0.39, 0.29) is 23.7 Å². The van der Waals surface area contributed by atoms with Crippen LogP contribution < -0.4 is 9.47 Å². The van der Waals surface area contributed by atoms with Gasteiger partial charge in [-0.25, -0.2) is 0 Å². The molecule has 0 spiro atoms. The average Bonchev–Trinajstić information content (AvgIpc) is 3.28. The number of Topliss-reactive ketones (excluding diaryl/α,β-unsaturated/α-hetero) is 1. The lowest BCUT2D eigenvalue weighted by Gasteiger charge is -2.29. The van der Waals surface area contributed by atoms with Gasteiger partial charge in [0.1, 0.15) is 22.6 Å². The number of aliphatic hydroxyl groups is 1. The number of benzene rings is 1. The number of nitrogens with zero attached hydrogens (tertiary/aromatic N) is 2. The van der Waals surface area contributed by atoms with E-state index >= 15 is 0 Å². The van der Waals surface area contributed by atoms with Crippen molar-refractivity contribution in [3.8, 4) is 11.5 Å². The summed E-state index contributed by atoms with van der Waals surface area (Å²) in [5.41, 5.74) is 1.30. The molecule has 0 radical (unpaired) electrons. The van der Waals surface area contributed by atoms with E-state index in [4.69, 9.17) is 9.47 Å². The van der Waals surface area contributed by atoms with E-state index in [9.17, 15) is 14.7 Å². The Balaban J connectivity index is 1.43. The maximum absolute atomic E-state index is 12.7. The summed E-state index contributed by atoms with van der Waals surface area (Å²) >= 11 is 1.50. The number of ether oxygens (including phenoxy) is 2. The molecular weight excluding hydrogens is 476 g/mol. The Morgan fingerprint density at radius 2 is 2.03 bits per heavy atom. The highest BCUT2D eigenvalue weighted by Crippen LogP contribution is 2.52. The van der Waals surface area contributed by atoms with Crippen LogP contribution in [0.4, 0.5) is 0 Å². The van der Waals surface area contributed by atoms with Gasteiger partial charge in [0.05, 0.1) is 20.3 Å². The van der Waals surface area contributed by atoms with E-state index in [1.165, 1.54) is 50.8 Å². The van der Waals surface area contributed by atoms with Crippen molar-refractivity contribution in [2.45, 2.75) is 57.2 Å². The van der Waals surface area contributed by atoms with Gasteiger partial charge in [0.2, 0.25) is 5.91 Å². The smallest absolute Gasteiger partial charge is 0.225 e. The van der Waals surface area contributed by atoms with Gasteiger partial charge >= 0.3 is 0 Å². The second kappa shape index (κ2) is 12.8. The molecule has 1 fully saturated rings. The highest BCUT2D eigenvalue weighted by Gasteiger charge is 2.40. The molecule has 1 heterocycles. The number of rotatable bonds is 11. The van der Waals surface area contributed by atoms with Crippen LogP contribution in [0, 0.1) is 5.92 Å². The fourth-order valence-corrected chi connectivity index (χ4v) is 6.78. The van der Waals surface area contributed by atoms with Gasteiger partial charge in [-0.05, 0) is 49.5 Å². The minimum Gasteiger partial charge on any atom is -0.497 e. The van der Waals surface area contributed by atoms with Crippen LogP contribution in [0.1, 0.15) is 62.8 Å². The number of aliphatic hydroxyl groups excluding tert-OH is 1. The molecule has 36 heavy (non-hydrogen) atoms. The Hall–Kier alpha value is -2.29. The number of carbonyl (C=O) groups excluding carboxylic acids is 2. The second-order valence-electron chi connectivity index (χ2n) is 9.74. The molecule has 0 aromatic heterocycles. The zero-order chi connectivity index (χ0) is 25.5. The maximum Gasteiger partial charge on any atom is 0.225 e. The van der Waals surface area contributed by atoms with Gasteiger partial charge in [0.25, 0.3) is 0 Å². The summed E-state index contributed by atoms with van der Waals surface area (Å²) in [5.74, 6) is 1.89. The SMILES string of the molecule is COc1ccc(OCCCN(CCO)CC2CCCCC2)c(C2SC3=C(C(=O)CC=C3)N2C(C)=O)c1. The molecule has 0 bridgehead atoms. The molecule has 8 heteroatoms. The first-order chi connectivity index (χ1) is 17.5. The van der Waals surface area contributed by atoms with Crippen LogP contribution in [0.25, 0.3) is 0 Å². The Morgan fingerprint density at radius 3 is 2.75 bits per heavy atom. The lowest BCUT2D eigenvalue weighted by molar-refractivity contribution is -0.130. The largest absolute Gasteiger partial charge is 0.497 e. The Kier molecular flexibility index (Phi) is 9.51. The van der Waals surface area contributed by atoms with E-state index in [1.807, 2.05) is 30.4 Å². The van der Waals surface area contributed by atoms with Crippen molar-refractivity contribution in [1.29, 1.82) is 0 Å². The number of hydrogen-bond donors (Lipinski definition) is 1. The number of hydrogen-bond acceptors (Lipinski definition) is 7. The van der Waals surface area contributed by atoms with Crippen molar-refractivity contribution in [1.82, 2.24) is 9.80 Å². The lowest BCUT2D eigenvalue weighted by Crippen LogP contribution is -2.34. The van der Waals surface area contributed by atoms with Gasteiger partial charge in [0.15, 0.2) is 5.78 Å². The zero-order valence-corrected chi connectivity index (χ0v) is 22.2. The topological polar surface area (TPSA) is 79.3 Å². The van der Waals surface area contributed by atoms with Crippen LogP contribution in [-0.4, -0.2) is 66.6 Å². The fourth-order valence-electron chi connectivity index (χ4n) is 5.37. The second-order valence-corrected chi connectivity index (χ2v) is 10.9. The Labute approximate surface area is 218 Å². The van der Waals surface area contributed by atoms with Crippen molar-refractivity contribution in [2.24, 2.45) is 5.92 Å². The minimum absolute atomic E-state index is 0.0370. The molecule has 1 aliphatic heterocycles. The molecule has 1 N–H and O–H groups in total. The average molecular weight is 515 g/mol. The first kappa shape index (κ1) is 26.8. The normalized spacial score (nSPS) is 20.3. The first-order valence-electron chi connectivity index (χ1n) is 13.1. The number of ketones is 1. The van der Waals surface area contributed by atoms with Gasteiger partial charge in [-0.2, -0.15) is 0 Å². The van der Waals surface area contributed by atoms with Gasteiger partial charge in [0, 0.05) is 43.4 Å². The van der Waals surface area contributed by atoms with Crippen molar-refractivity contribution in [2.75, 3.05) is 40.0 Å². The molecule has 0 saturated heterocycles. The summed E-state index contributed by atoms with van der Waals surface area (Å²) in [7, 11) is 1.61. The number of carbonyl (C=O) groups is 2. The van der Waals surface area contributed by atoms with Crippen LogP contribution in [0.2, 0.25) is 0 Å². The quantitative estimate of drug-likeness (QED) is 0.430. The van der Waals surface area contributed by atoms with Gasteiger partial charge < -0.3 is 19.5 Å². The van der Waals surface area contributed by atoms with Gasteiger partial charge in [-0.1, -0.05) is 37.1 Å². The summed E-state index contributed by atoms with van der Waals surface area (Å²) in [6.45, 7) is 4.79. The molecule has 1 amide bonds. The Bertz CT molecular complexity index is 1000. The van der Waals surface area contributed by atoms with Crippen LogP contribution in [0.15, 0.2) is 41.0 Å². The third-order valence-corrected chi connectivity index (χ3v) is 8.41. The third kappa shape index (κ3) is 6.33. The summed E-state index contributed by atoms with van der Waals surface area (Å²) < 4.78 is 11.7. The zero-order valence-electron chi connectivity index (χ0n) is 21.4. The van der Waals surface area contributed by atoms with E-state index in [0.717, 1.165) is 35.9 Å². The number of allylic oxidation sites excluding steroid dienone is 3. The van der Waals surface area contributed by atoms with E-state index in [0.29, 0.717) is 36.8 Å². The Morgan fingerprint density at radius 1 is 1.22 bits per heavy atom. The maximum atomic E-state index is 12.7. The first-order valence-corrected chi connectivity index (χ1v) is 13.9. The molecule has 1 aromatic carbocycles. The fraction of sp³-hybridized carbons (Fsp3) is 0.571. The highest BCUT2D eigenvalue weighted by molar-refractivity contribution is 8.03. The van der Waals surface area contributed by atoms with Crippen LogP contribution in [-0.2, 0) is 9.59 Å². The standard InChI is InChI=1S/C28H38N2O5S/c1-20(32)30-27-24(33)10-6-11-26(27)36-28(30)23-18-22(34-2)12-13-25(23)35-17-7-14-29(15-16-31)19-21-8-4-3-5-9-21/h6,11-13,18,21,28,31H,3-5,7-10,14-17,19H2,1-2H3. The number of amides is 1. The summed E-state index contributed by atoms with van der Waals surface area (Å²) in [5, 5.41) is 9.14. The summed E-state index contributed by atoms with van der Waals surface area (Å²) in [4.78, 5) is 30.1. The van der Waals surface area contributed by atoms with E-state index in [2.05, 4.69) is 4.90 Å². The molecule has 2 aliphatic carbocycles. The predicted molar refractivity (Wildman–Crippen MR) is 142 cm³/mol. The molecule has 196 valence electrons. The molecule has 7 nitrogen and oxygen atoms in total. The van der Waals surface area contributed by atoms with Crippen molar-refractivity contribution < 1.29 is 24.2 Å². The highest BCUT2D eigenvalue weighted by atomic mass is 32.2. The number of thioether (sulfide) groups is 1. The molecule has 1 unspecified atom stereocenters. The molecule has 3 aliphatic rings. The van der Waals surface area contributed by atoms with Gasteiger partial charge in [-0.15, -0.1) is 0 Å². The lowest BCUT2D eigenvalue weighted by atomic mass is 9.89.